The maximum atomic E-state index is 14.8. The highest BCUT2D eigenvalue weighted by molar-refractivity contribution is 5.66. The van der Waals surface area contributed by atoms with Gasteiger partial charge in [0, 0.05) is 6.61 Å². The van der Waals surface area contributed by atoms with E-state index < -0.39 is 81.1 Å². The lowest BCUT2D eigenvalue weighted by atomic mass is 9.78. The normalized spacial score (nSPS) is 17.7. The van der Waals surface area contributed by atoms with Gasteiger partial charge in [-0.2, -0.15) is 0 Å². The Morgan fingerprint density at radius 2 is 0.789 bits per heavy atom. The molecule has 0 aliphatic heterocycles. The Hall–Kier alpha value is -5.96. The molecule has 0 saturated heterocycles. The fraction of sp³-hybridized carbons (Fsp3) is 0.357. The van der Waals surface area contributed by atoms with E-state index in [1.165, 1.54) is 36.4 Å². The highest BCUT2D eigenvalue weighted by Crippen LogP contribution is 2.41. The average molecular weight is 1000 g/mol. The number of benzene rings is 6. The van der Waals surface area contributed by atoms with E-state index >= 15 is 0 Å². The average Bonchev–Trinajstić information content (AvgIpc) is 3.33. The summed E-state index contributed by atoms with van der Waals surface area (Å²) in [6, 6.07) is 15.5. The first kappa shape index (κ1) is 54.4. The molecule has 71 heavy (non-hydrogen) atoms. The molecule has 2 fully saturated rings. The number of phenols is 1. The Labute approximate surface area is 405 Å². The molecule has 0 heterocycles. The van der Waals surface area contributed by atoms with E-state index in [2.05, 4.69) is 0 Å². The number of aromatic hydroxyl groups is 1. The molecule has 0 amide bonds. The number of aliphatic hydroxyl groups excluding tert-OH is 1. The van der Waals surface area contributed by atoms with E-state index in [9.17, 15) is 52.7 Å². The van der Waals surface area contributed by atoms with Gasteiger partial charge in [0.25, 0.3) is 0 Å². The summed E-state index contributed by atoms with van der Waals surface area (Å²) >= 11 is 0. The van der Waals surface area contributed by atoms with Crippen LogP contribution < -0.4 is 4.74 Å². The molecule has 0 aromatic heterocycles. The van der Waals surface area contributed by atoms with E-state index in [4.69, 9.17) is 14.9 Å². The number of phenolic OH excluding ortho intramolecular Hbond substituents is 1. The van der Waals surface area contributed by atoms with Crippen LogP contribution in [0.3, 0.4) is 0 Å². The SMILES string of the molecule is CCCc1cc(F)c(O)c(F)c1.CCCc1cc(F)c(OCC2CCC(c3cc(F)c(-c4ccc(F)c(F)c4)c(F)c3)CC2)c(F)c1.OCC1CCC(c2cc(F)c(-c3ccc(F)c(F)c3)c(F)c2)CC1. The summed E-state index contributed by atoms with van der Waals surface area (Å²) in [5.41, 5.74) is 1.39. The van der Waals surface area contributed by atoms with Gasteiger partial charge in [0.1, 0.15) is 23.3 Å². The van der Waals surface area contributed by atoms with E-state index in [0.29, 0.717) is 60.8 Å². The number of ether oxygens (including phenoxy) is 1. The van der Waals surface area contributed by atoms with Gasteiger partial charge in [0.15, 0.2) is 58.0 Å². The molecule has 0 radical (unpaired) electrons. The molecule has 2 saturated carbocycles. The van der Waals surface area contributed by atoms with Crippen molar-refractivity contribution in [3.05, 3.63) is 177 Å². The lowest BCUT2D eigenvalue weighted by Crippen LogP contribution is -2.20. The molecule has 15 heteroatoms. The van der Waals surface area contributed by atoms with Crippen LogP contribution in [0, 0.1) is 81.6 Å². The largest absolute Gasteiger partial charge is 0.503 e. The van der Waals surface area contributed by atoms with E-state index in [-0.39, 0.29) is 59.3 Å². The van der Waals surface area contributed by atoms with Crippen LogP contribution in [-0.2, 0) is 12.8 Å². The van der Waals surface area contributed by atoms with Crippen LogP contribution in [0.15, 0.2) is 84.9 Å². The highest BCUT2D eigenvalue weighted by atomic mass is 19.2. The Kier molecular flexibility index (Phi) is 19.1. The highest BCUT2D eigenvalue weighted by Gasteiger charge is 2.27. The van der Waals surface area contributed by atoms with Crippen molar-refractivity contribution in [2.24, 2.45) is 11.8 Å². The van der Waals surface area contributed by atoms with Gasteiger partial charge < -0.3 is 14.9 Å². The quantitative estimate of drug-likeness (QED) is 0.120. The van der Waals surface area contributed by atoms with Crippen LogP contribution >= 0.6 is 0 Å². The second-order valence-electron chi connectivity index (χ2n) is 18.2. The number of rotatable bonds is 12. The molecule has 6 aromatic carbocycles. The molecule has 2 aliphatic carbocycles. The Bertz CT molecular complexity index is 2670. The molecular weight excluding hydrogens is 949 g/mol. The van der Waals surface area contributed by atoms with Crippen molar-refractivity contribution in [1.82, 2.24) is 0 Å². The van der Waals surface area contributed by atoms with E-state index in [0.717, 1.165) is 87.1 Å². The molecule has 0 bridgehead atoms. The third-order valence-electron chi connectivity index (χ3n) is 13.1. The molecule has 0 atom stereocenters. The number of hydrogen-bond donors (Lipinski definition) is 2. The molecule has 380 valence electrons. The first-order valence-electron chi connectivity index (χ1n) is 23.7. The Morgan fingerprint density at radius 1 is 0.423 bits per heavy atom. The summed E-state index contributed by atoms with van der Waals surface area (Å²) in [6.07, 6.45) is 8.64. The predicted molar refractivity (Wildman–Crippen MR) is 248 cm³/mol. The second kappa shape index (κ2) is 24.9. The van der Waals surface area contributed by atoms with Crippen LogP contribution in [0.1, 0.15) is 112 Å². The molecule has 0 unspecified atom stereocenters. The van der Waals surface area contributed by atoms with E-state index in [1.54, 1.807) is 0 Å². The van der Waals surface area contributed by atoms with Gasteiger partial charge in [-0.25, -0.2) is 52.7 Å². The number of aliphatic hydroxyl groups is 1. The van der Waals surface area contributed by atoms with Crippen molar-refractivity contribution in [1.29, 1.82) is 0 Å². The summed E-state index contributed by atoms with van der Waals surface area (Å²) in [6.45, 7) is 4.15. The predicted octanol–water partition coefficient (Wildman–Crippen LogP) is 16.3. The van der Waals surface area contributed by atoms with Crippen molar-refractivity contribution in [2.45, 2.75) is 103 Å². The van der Waals surface area contributed by atoms with Gasteiger partial charge >= 0.3 is 0 Å². The molecule has 3 nitrogen and oxygen atoms in total. The standard InChI is InChI=1S/C28H26F6O.C19H18F4O.C9H10F2O/c1-2-3-17-10-25(33)28(26(34)11-17)35-15-16-4-6-18(7-5-16)20-13-23(31)27(24(32)14-20)19-8-9-21(29)22(30)12-19;20-15-6-5-13(7-16(15)21)19-17(22)8-14(9-18(19)23)12-3-1-11(10-24)2-4-12;1-2-3-6-4-7(10)9(12)8(11)5-6/h8-14,16,18H,2-7,15H2,1H3;5-9,11-12,24H,1-4,10H2;4-5,12H,2-3H2,1H3. The number of halogens is 12. The van der Waals surface area contributed by atoms with Crippen molar-refractivity contribution in [3.8, 4) is 33.8 Å². The van der Waals surface area contributed by atoms with Gasteiger partial charge in [0.05, 0.1) is 17.7 Å². The molecule has 0 spiro atoms. The molecule has 2 aliphatic rings. The van der Waals surface area contributed by atoms with Gasteiger partial charge in [-0.3, -0.25) is 0 Å². The fourth-order valence-electron chi connectivity index (χ4n) is 9.29. The van der Waals surface area contributed by atoms with Crippen LogP contribution in [-0.4, -0.2) is 23.4 Å². The Balaban J connectivity index is 0.000000197. The van der Waals surface area contributed by atoms with Crippen LogP contribution in [0.4, 0.5) is 52.7 Å². The van der Waals surface area contributed by atoms with Gasteiger partial charge in [-0.1, -0.05) is 38.8 Å². The summed E-state index contributed by atoms with van der Waals surface area (Å²) in [7, 11) is 0. The number of hydrogen-bond acceptors (Lipinski definition) is 3. The molecule has 2 N–H and O–H groups in total. The molecule has 6 aromatic rings. The van der Waals surface area contributed by atoms with Crippen LogP contribution in [0.5, 0.6) is 11.5 Å². The number of aryl methyl sites for hydroxylation is 2. The second-order valence-corrected chi connectivity index (χ2v) is 18.2. The topological polar surface area (TPSA) is 49.7 Å². The first-order chi connectivity index (χ1) is 33.9. The first-order valence-corrected chi connectivity index (χ1v) is 23.7. The maximum absolute atomic E-state index is 14.8. The van der Waals surface area contributed by atoms with Crippen LogP contribution in [0.25, 0.3) is 22.3 Å². The van der Waals surface area contributed by atoms with Crippen LogP contribution in [0.2, 0.25) is 0 Å². The molecule has 8 rings (SSSR count). The smallest absolute Gasteiger partial charge is 0.190 e. The van der Waals surface area contributed by atoms with Gasteiger partial charge in [-0.05, 0) is 194 Å². The summed E-state index contributed by atoms with van der Waals surface area (Å²) < 4.78 is 171. The van der Waals surface area contributed by atoms with Crippen molar-refractivity contribution in [3.63, 3.8) is 0 Å². The minimum atomic E-state index is -1.18. The lowest BCUT2D eigenvalue weighted by molar-refractivity contribution is 0.182. The van der Waals surface area contributed by atoms with Gasteiger partial charge in [-0.15, -0.1) is 0 Å². The monoisotopic (exact) mass is 1000 g/mol. The summed E-state index contributed by atoms with van der Waals surface area (Å²) in [4.78, 5) is 0. The van der Waals surface area contributed by atoms with Gasteiger partial charge in [0.2, 0.25) is 0 Å². The zero-order valence-electron chi connectivity index (χ0n) is 39.1. The summed E-state index contributed by atoms with van der Waals surface area (Å²) in [5, 5.41) is 17.9. The zero-order valence-corrected chi connectivity index (χ0v) is 39.1. The fourth-order valence-corrected chi connectivity index (χ4v) is 9.29. The van der Waals surface area contributed by atoms with E-state index in [1.807, 2.05) is 13.8 Å². The summed E-state index contributed by atoms with van der Waals surface area (Å²) in [5.74, 6) is -11.9. The Morgan fingerprint density at radius 3 is 1.14 bits per heavy atom. The maximum Gasteiger partial charge on any atom is 0.190 e. The zero-order chi connectivity index (χ0) is 51.5. The minimum Gasteiger partial charge on any atom is -0.503 e. The lowest BCUT2D eigenvalue weighted by Gasteiger charge is -2.29. The van der Waals surface area contributed by atoms with Crippen molar-refractivity contribution in [2.75, 3.05) is 13.2 Å². The molecular formula is C56H54F12O3. The van der Waals surface area contributed by atoms with Crippen molar-refractivity contribution >= 4 is 0 Å². The van der Waals surface area contributed by atoms with Crippen molar-refractivity contribution < 1.29 is 67.6 Å². The minimum absolute atomic E-state index is 0.0283. The third-order valence-corrected chi connectivity index (χ3v) is 13.1. The third kappa shape index (κ3) is 13.9.